The van der Waals surface area contributed by atoms with Crippen LogP contribution in [0.15, 0.2) is 36.4 Å². The van der Waals surface area contributed by atoms with Crippen LogP contribution in [0, 0.1) is 13.8 Å². The fraction of sp³-hybridized carbons (Fsp3) is 0.250. The van der Waals surface area contributed by atoms with Crippen molar-refractivity contribution in [3.63, 3.8) is 0 Å². The van der Waals surface area contributed by atoms with E-state index in [0.717, 1.165) is 23.3 Å². The Balaban J connectivity index is 2.10. The Morgan fingerprint density at radius 1 is 1.00 bits per heavy atom. The highest BCUT2D eigenvalue weighted by Gasteiger charge is 2.29. The highest BCUT2D eigenvalue weighted by molar-refractivity contribution is 5.52. The number of nitrogens with two attached hydrogens (primary N) is 1. The molecule has 0 atom stereocenters. The third-order valence-corrected chi connectivity index (χ3v) is 3.15. The van der Waals surface area contributed by atoms with Crippen molar-refractivity contribution < 1.29 is 17.9 Å². The van der Waals surface area contributed by atoms with Crippen LogP contribution in [0.2, 0.25) is 0 Å². The lowest BCUT2D eigenvalue weighted by Gasteiger charge is -2.13. The smallest absolute Gasteiger partial charge is 0.416 e. The van der Waals surface area contributed by atoms with Crippen LogP contribution in [-0.2, 0) is 12.8 Å². The molecule has 2 aromatic carbocycles. The summed E-state index contributed by atoms with van der Waals surface area (Å²) in [5, 5.41) is 0. The molecule has 0 amide bonds. The highest BCUT2D eigenvalue weighted by atomic mass is 19.4. The molecule has 0 aromatic heterocycles. The largest absolute Gasteiger partial charge is 0.488 e. The van der Waals surface area contributed by atoms with E-state index in [1.54, 1.807) is 12.1 Å². The van der Waals surface area contributed by atoms with Gasteiger partial charge in [0.25, 0.3) is 0 Å². The molecule has 0 unspecified atom stereocenters. The minimum Gasteiger partial charge on any atom is -0.488 e. The van der Waals surface area contributed by atoms with E-state index in [4.69, 9.17) is 10.5 Å². The average Bonchev–Trinajstić information content (AvgIpc) is 2.37. The predicted molar refractivity (Wildman–Crippen MR) is 76.1 cm³/mol. The Bertz CT molecular complexity index is 610. The number of hydrogen-bond donors (Lipinski definition) is 1. The molecular weight excluding hydrogens is 279 g/mol. The van der Waals surface area contributed by atoms with Crippen LogP contribution >= 0.6 is 0 Å². The summed E-state index contributed by atoms with van der Waals surface area (Å²) in [6.07, 6.45) is -4.32. The first-order chi connectivity index (χ1) is 9.77. The van der Waals surface area contributed by atoms with E-state index in [9.17, 15) is 13.2 Å². The van der Waals surface area contributed by atoms with Crippen LogP contribution in [-0.4, -0.2) is 0 Å². The number of aryl methyl sites for hydroxylation is 2. The predicted octanol–water partition coefficient (Wildman–Crippen LogP) is 4.48. The van der Waals surface area contributed by atoms with Crippen LogP contribution in [0.1, 0.15) is 22.3 Å². The van der Waals surface area contributed by atoms with Gasteiger partial charge in [0.15, 0.2) is 0 Å². The van der Waals surface area contributed by atoms with Crippen LogP contribution in [0.4, 0.5) is 18.9 Å². The van der Waals surface area contributed by atoms with E-state index >= 15 is 0 Å². The summed E-state index contributed by atoms with van der Waals surface area (Å²) < 4.78 is 43.1. The summed E-state index contributed by atoms with van der Waals surface area (Å²) in [5.74, 6) is 0.712. The quantitative estimate of drug-likeness (QED) is 0.847. The Kier molecular flexibility index (Phi) is 4.11. The molecule has 0 aliphatic carbocycles. The van der Waals surface area contributed by atoms with Gasteiger partial charge in [0.1, 0.15) is 12.4 Å². The monoisotopic (exact) mass is 295 g/mol. The standard InChI is InChI=1S/C16H16F3NO/c1-10-7-14(20)8-11(2)15(10)21-9-12-3-5-13(6-4-12)16(17,18)19/h3-8H,9,20H2,1-2H3. The van der Waals surface area contributed by atoms with Crippen molar-refractivity contribution in [1.29, 1.82) is 0 Å². The second kappa shape index (κ2) is 5.68. The van der Waals surface area contributed by atoms with Crippen LogP contribution in [0.25, 0.3) is 0 Å². The molecule has 0 spiro atoms. The molecule has 0 bridgehead atoms. The maximum Gasteiger partial charge on any atom is 0.416 e. The third kappa shape index (κ3) is 3.68. The van der Waals surface area contributed by atoms with E-state index in [1.165, 1.54) is 12.1 Å². The van der Waals surface area contributed by atoms with Crippen molar-refractivity contribution in [1.82, 2.24) is 0 Å². The number of benzene rings is 2. The number of hydrogen-bond acceptors (Lipinski definition) is 2. The molecule has 0 aliphatic rings. The molecule has 0 heterocycles. The summed E-state index contributed by atoms with van der Waals surface area (Å²) >= 11 is 0. The lowest BCUT2D eigenvalue weighted by molar-refractivity contribution is -0.137. The van der Waals surface area contributed by atoms with E-state index in [1.807, 2.05) is 13.8 Å². The molecule has 2 aromatic rings. The first-order valence-electron chi connectivity index (χ1n) is 6.43. The van der Waals surface area contributed by atoms with Gasteiger partial charge < -0.3 is 10.5 Å². The van der Waals surface area contributed by atoms with Gasteiger partial charge in [-0.05, 0) is 54.8 Å². The Labute approximate surface area is 121 Å². The number of alkyl halides is 3. The van der Waals surface area contributed by atoms with E-state index in [2.05, 4.69) is 0 Å². The van der Waals surface area contributed by atoms with Crippen LogP contribution in [0.5, 0.6) is 5.75 Å². The maximum atomic E-state index is 12.5. The normalized spacial score (nSPS) is 11.5. The number of nitrogen functional groups attached to an aromatic ring is 1. The topological polar surface area (TPSA) is 35.2 Å². The lowest BCUT2D eigenvalue weighted by atomic mass is 10.1. The first kappa shape index (κ1) is 15.2. The number of halogens is 3. The third-order valence-electron chi connectivity index (χ3n) is 3.15. The molecule has 0 saturated heterocycles. The van der Waals surface area contributed by atoms with Gasteiger partial charge in [-0.1, -0.05) is 12.1 Å². The van der Waals surface area contributed by atoms with Gasteiger partial charge in [0, 0.05) is 5.69 Å². The van der Waals surface area contributed by atoms with Crippen molar-refractivity contribution in [2.24, 2.45) is 0 Å². The Morgan fingerprint density at radius 2 is 1.52 bits per heavy atom. The average molecular weight is 295 g/mol. The first-order valence-corrected chi connectivity index (χ1v) is 6.43. The van der Waals surface area contributed by atoms with Crippen molar-refractivity contribution in [2.45, 2.75) is 26.6 Å². The van der Waals surface area contributed by atoms with Gasteiger partial charge in [-0.3, -0.25) is 0 Å². The SMILES string of the molecule is Cc1cc(N)cc(C)c1OCc1ccc(C(F)(F)F)cc1. The summed E-state index contributed by atoms with van der Waals surface area (Å²) in [6, 6.07) is 8.56. The molecule has 0 radical (unpaired) electrons. The minimum atomic E-state index is -4.32. The molecule has 112 valence electrons. The zero-order valence-corrected chi connectivity index (χ0v) is 11.8. The van der Waals surface area contributed by atoms with E-state index < -0.39 is 11.7 Å². The van der Waals surface area contributed by atoms with Gasteiger partial charge >= 0.3 is 6.18 Å². The molecule has 2 nitrogen and oxygen atoms in total. The van der Waals surface area contributed by atoms with Gasteiger partial charge in [-0.15, -0.1) is 0 Å². The van der Waals surface area contributed by atoms with Crippen molar-refractivity contribution >= 4 is 5.69 Å². The fourth-order valence-corrected chi connectivity index (χ4v) is 2.16. The molecule has 2 N–H and O–H groups in total. The summed E-state index contributed by atoms with van der Waals surface area (Å²) in [6.45, 7) is 3.97. The second-order valence-electron chi connectivity index (χ2n) is 4.97. The van der Waals surface area contributed by atoms with Gasteiger partial charge in [-0.25, -0.2) is 0 Å². The minimum absolute atomic E-state index is 0.212. The Morgan fingerprint density at radius 3 is 2.00 bits per heavy atom. The molecule has 2 rings (SSSR count). The van der Waals surface area contributed by atoms with E-state index in [0.29, 0.717) is 17.0 Å². The van der Waals surface area contributed by atoms with Crippen molar-refractivity contribution in [3.05, 3.63) is 58.7 Å². The maximum absolute atomic E-state index is 12.5. The zero-order valence-electron chi connectivity index (χ0n) is 11.8. The molecule has 5 heteroatoms. The van der Waals surface area contributed by atoms with Crippen LogP contribution in [0.3, 0.4) is 0 Å². The summed E-state index contributed by atoms with van der Waals surface area (Å²) in [5.41, 5.74) is 8.21. The van der Waals surface area contributed by atoms with Crippen molar-refractivity contribution in [3.8, 4) is 5.75 Å². The Hall–Kier alpha value is -2.17. The fourth-order valence-electron chi connectivity index (χ4n) is 2.16. The lowest BCUT2D eigenvalue weighted by Crippen LogP contribution is -2.05. The highest BCUT2D eigenvalue weighted by Crippen LogP contribution is 2.30. The zero-order chi connectivity index (χ0) is 15.6. The van der Waals surface area contributed by atoms with Gasteiger partial charge in [0.05, 0.1) is 5.56 Å². The molecular formula is C16H16F3NO. The number of rotatable bonds is 3. The van der Waals surface area contributed by atoms with Crippen molar-refractivity contribution in [2.75, 3.05) is 5.73 Å². The molecule has 0 saturated carbocycles. The molecule has 0 fully saturated rings. The number of ether oxygens (including phenoxy) is 1. The summed E-state index contributed by atoms with van der Waals surface area (Å²) in [7, 11) is 0. The van der Waals surface area contributed by atoms with E-state index in [-0.39, 0.29) is 6.61 Å². The van der Waals surface area contributed by atoms with Gasteiger partial charge in [-0.2, -0.15) is 13.2 Å². The molecule has 0 aliphatic heterocycles. The molecule has 21 heavy (non-hydrogen) atoms. The summed E-state index contributed by atoms with van der Waals surface area (Å²) in [4.78, 5) is 0. The van der Waals surface area contributed by atoms with Gasteiger partial charge in [0.2, 0.25) is 0 Å². The number of anilines is 1. The second-order valence-corrected chi connectivity index (χ2v) is 4.97. The van der Waals surface area contributed by atoms with Crippen LogP contribution < -0.4 is 10.5 Å².